The highest BCUT2D eigenvalue weighted by atomic mass is 31.1. The first-order valence-corrected chi connectivity index (χ1v) is 13.2. The Morgan fingerprint density at radius 1 is 0.818 bits per heavy atom. The third-order valence-electron chi connectivity index (χ3n) is 5.27. The van der Waals surface area contributed by atoms with E-state index < -0.39 is 25.7 Å². The van der Waals surface area contributed by atoms with Crippen molar-refractivity contribution >= 4 is 30.5 Å². The van der Waals surface area contributed by atoms with Gasteiger partial charge >= 0.3 is 6.09 Å². The summed E-state index contributed by atoms with van der Waals surface area (Å²) in [7, 11) is -0.650. The molecule has 0 aromatic heterocycles. The number of hydrogen-bond acceptors (Lipinski definition) is 3. The first-order chi connectivity index (χ1) is 15.5. The van der Waals surface area contributed by atoms with Gasteiger partial charge in [0.15, 0.2) is 0 Å². The van der Waals surface area contributed by atoms with Gasteiger partial charge in [-0.1, -0.05) is 88.4 Å². The average Bonchev–Trinajstić information content (AvgIpc) is 2.74. The van der Waals surface area contributed by atoms with E-state index in [1.54, 1.807) is 20.8 Å². The number of ether oxygens (including phenoxy) is 1. The fourth-order valence-electron chi connectivity index (χ4n) is 3.44. The lowest BCUT2D eigenvalue weighted by atomic mass is 10.0. The molecule has 0 spiro atoms. The van der Waals surface area contributed by atoms with Crippen LogP contribution in [0.5, 0.6) is 0 Å². The first-order valence-electron chi connectivity index (χ1n) is 11.7. The zero-order valence-corrected chi connectivity index (χ0v) is 21.9. The van der Waals surface area contributed by atoms with Gasteiger partial charge in [0.25, 0.3) is 0 Å². The maximum absolute atomic E-state index is 13.3. The van der Waals surface area contributed by atoms with Crippen LogP contribution < -0.4 is 21.2 Å². The van der Waals surface area contributed by atoms with Gasteiger partial charge in [-0.05, 0) is 57.3 Å². The normalized spacial score (nSPS) is 13.6. The van der Waals surface area contributed by atoms with Crippen LogP contribution in [0.3, 0.4) is 0 Å². The van der Waals surface area contributed by atoms with Crippen LogP contribution in [-0.2, 0) is 9.53 Å². The van der Waals surface area contributed by atoms with Crippen molar-refractivity contribution in [3.63, 3.8) is 0 Å². The molecule has 0 radical (unpaired) electrons. The van der Waals surface area contributed by atoms with Crippen LogP contribution in [0.2, 0.25) is 0 Å². The fourth-order valence-corrected chi connectivity index (χ4v) is 6.13. The molecular formula is C27H39N2O3P. The zero-order chi connectivity index (χ0) is 24.6. The molecule has 0 heterocycles. The lowest BCUT2D eigenvalue weighted by Gasteiger charge is -2.31. The van der Waals surface area contributed by atoms with E-state index in [2.05, 4.69) is 73.0 Å². The third-order valence-corrected chi connectivity index (χ3v) is 7.87. The Bertz CT molecular complexity index is 840. The second kappa shape index (κ2) is 12.2. The van der Waals surface area contributed by atoms with Gasteiger partial charge in [-0.3, -0.25) is 4.79 Å². The van der Waals surface area contributed by atoms with Crippen molar-refractivity contribution in [3.8, 4) is 0 Å². The Morgan fingerprint density at radius 2 is 1.30 bits per heavy atom. The smallest absolute Gasteiger partial charge is 0.408 e. The summed E-state index contributed by atoms with van der Waals surface area (Å²) in [6.07, 6.45) is 0.248. The maximum Gasteiger partial charge on any atom is 0.408 e. The summed E-state index contributed by atoms with van der Waals surface area (Å²) in [5, 5.41) is 8.58. The highest BCUT2D eigenvalue weighted by Gasteiger charge is 2.30. The second-order valence-corrected chi connectivity index (χ2v) is 12.3. The minimum atomic E-state index is -0.666. The van der Waals surface area contributed by atoms with Crippen LogP contribution in [0.1, 0.15) is 48.5 Å². The SMILES string of the molecule is CC(C)C(NC(=O)OC(C)(C)C)C(=O)N[C@H](CP(c1ccccc1)c1ccccc1)C(C)C. The highest BCUT2D eigenvalue weighted by Crippen LogP contribution is 2.35. The molecule has 0 saturated carbocycles. The van der Waals surface area contributed by atoms with E-state index in [0.29, 0.717) is 0 Å². The van der Waals surface area contributed by atoms with Gasteiger partial charge < -0.3 is 15.4 Å². The summed E-state index contributed by atoms with van der Waals surface area (Å²) >= 11 is 0. The molecule has 0 saturated heterocycles. The van der Waals surface area contributed by atoms with Crippen molar-refractivity contribution in [1.82, 2.24) is 10.6 Å². The summed E-state index contributed by atoms with van der Waals surface area (Å²) < 4.78 is 5.37. The van der Waals surface area contributed by atoms with E-state index >= 15 is 0 Å². The second-order valence-electron chi connectivity index (χ2n) is 10.0. The van der Waals surface area contributed by atoms with Crippen molar-refractivity contribution < 1.29 is 14.3 Å². The van der Waals surface area contributed by atoms with Crippen LogP contribution in [-0.4, -0.2) is 35.8 Å². The molecule has 33 heavy (non-hydrogen) atoms. The van der Waals surface area contributed by atoms with E-state index in [-0.39, 0.29) is 23.8 Å². The third kappa shape index (κ3) is 8.81. The molecule has 180 valence electrons. The molecule has 0 aliphatic rings. The Labute approximate surface area is 200 Å². The Hall–Kier alpha value is -2.39. The van der Waals surface area contributed by atoms with E-state index in [1.807, 2.05) is 26.0 Å². The minimum absolute atomic E-state index is 0.0364. The van der Waals surface area contributed by atoms with Crippen LogP contribution in [0.4, 0.5) is 4.79 Å². The maximum atomic E-state index is 13.3. The molecule has 0 bridgehead atoms. The van der Waals surface area contributed by atoms with Gasteiger partial charge in [0.2, 0.25) is 5.91 Å². The summed E-state index contributed by atoms with van der Waals surface area (Å²) in [4.78, 5) is 25.6. The minimum Gasteiger partial charge on any atom is -0.444 e. The molecule has 2 aromatic rings. The van der Waals surface area contributed by atoms with Crippen LogP contribution in [0.25, 0.3) is 0 Å². The Balaban J connectivity index is 2.21. The predicted molar refractivity (Wildman–Crippen MR) is 139 cm³/mol. The summed E-state index contributed by atoms with van der Waals surface area (Å²) in [5.41, 5.74) is -0.621. The Kier molecular flexibility index (Phi) is 9.91. The predicted octanol–water partition coefficient (Wildman–Crippen LogP) is 4.81. The number of amides is 2. The summed E-state index contributed by atoms with van der Waals surface area (Å²) in [6, 6.07) is 20.3. The summed E-state index contributed by atoms with van der Waals surface area (Å²) in [6.45, 7) is 13.5. The highest BCUT2D eigenvalue weighted by molar-refractivity contribution is 7.73. The average molecular weight is 471 g/mol. The van der Waals surface area contributed by atoms with Crippen LogP contribution in [0.15, 0.2) is 60.7 Å². The Morgan fingerprint density at radius 3 is 1.70 bits per heavy atom. The molecule has 6 heteroatoms. The molecule has 2 rings (SSSR count). The topological polar surface area (TPSA) is 67.4 Å². The molecule has 1 unspecified atom stereocenters. The quantitative estimate of drug-likeness (QED) is 0.517. The molecule has 0 aliphatic carbocycles. The molecule has 2 amide bonds. The van der Waals surface area contributed by atoms with E-state index in [4.69, 9.17) is 4.74 Å². The summed E-state index contributed by atoms with van der Waals surface area (Å²) in [5.74, 6) is -0.0126. The van der Waals surface area contributed by atoms with Gasteiger partial charge in [-0.15, -0.1) is 0 Å². The largest absolute Gasteiger partial charge is 0.444 e. The fraction of sp³-hybridized carbons (Fsp3) is 0.481. The van der Waals surface area contributed by atoms with Gasteiger partial charge in [0.1, 0.15) is 11.6 Å². The van der Waals surface area contributed by atoms with Crippen molar-refractivity contribution in [1.29, 1.82) is 0 Å². The van der Waals surface area contributed by atoms with Crippen molar-refractivity contribution in [2.24, 2.45) is 11.8 Å². The van der Waals surface area contributed by atoms with Crippen molar-refractivity contribution in [3.05, 3.63) is 60.7 Å². The van der Waals surface area contributed by atoms with Crippen molar-refractivity contribution in [2.45, 2.75) is 66.2 Å². The first kappa shape index (κ1) is 26.9. The monoisotopic (exact) mass is 470 g/mol. The number of carbonyl (C=O) groups is 2. The van der Waals surface area contributed by atoms with Gasteiger partial charge in [0, 0.05) is 6.04 Å². The zero-order valence-electron chi connectivity index (χ0n) is 21.0. The molecule has 0 fully saturated rings. The molecule has 2 aromatic carbocycles. The van der Waals surface area contributed by atoms with Gasteiger partial charge in [-0.2, -0.15) is 0 Å². The standard InChI is InChI=1S/C27H39N2O3P/c1-19(2)23(28-25(30)24(20(3)4)29-26(31)32-27(5,6)7)18-33(21-14-10-8-11-15-21)22-16-12-9-13-17-22/h8-17,19-20,23-24H,18H2,1-7H3,(H,28,30)(H,29,31)/t23-,24?/m1/s1. The number of carbonyl (C=O) groups excluding carboxylic acids is 2. The van der Waals surface area contributed by atoms with E-state index in [0.717, 1.165) is 6.16 Å². The molecule has 2 atom stereocenters. The number of benzene rings is 2. The molecule has 2 N–H and O–H groups in total. The van der Waals surface area contributed by atoms with Gasteiger partial charge in [0.05, 0.1) is 0 Å². The molecule has 0 aliphatic heterocycles. The molecular weight excluding hydrogens is 431 g/mol. The lowest BCUT2D eigenvalue weighted by molar-refractivity contribution is -0.125. The van der Waals surface area contributed by atoms with Crippen LogP contribution in [0, 0.1) is 11.8 Å². The van der Waals surface area contributed by atoms with E-state index in [1.165, 1.54) is 10.6 Å². The van der Waals surface area contributed by atoms with E-state index in [9.17, 15) is 9.59 Å². The van der Waals surface area contributed by atoms with Gasteiger partial charge in [-0.25, -0.2) is 4.79 Å². The van der Waals surface area contributed by atoms with Crippen molar-refractivity contribution in [2.75, 3.05) is 6.16 Å². The number of nitrogens with one attached hydrogen (secondary N) is 2. The number of alkyl carbamates (subject to hydrolysis) is 1. The number of hydrogen-bond donors (Lipinski definition) is 2. The number of rotatable bonds is 9. The lowest BCUT2D eigenvalue weighted by Crippen LogP contribution is -2.54. The molecule has 5 nitrogen and oxygen atoms in total. The van der Waals surface area contributed by atoms with Crippen LogP contribution >= 0.6 is 7.92 Å².